The zero-order chi connectivity index (χ0) is 13.1. The molecule has 0 spiro atoms. The van der Waals surface area contributed by atoms with E-state index in [1.807, 2.05) is 42.6 Å². The van der Waals surface area contributed by atoms with Gasteiger partial charge >= 0.3 is 0 Å². The van der Waals surface area contributed by atoms with Gasteiger partial charge in [-0.05, 0) is 29.7 Å². The fourth-order valence-corrected chi connectivity index (χ4v) is 2.25. The number of pyridine rings is 1. The predicted molar refractivity (Wildman–Crippen MR) is 75.3 cm³/mol. The molecule has 0 radical (unpaired) electrons. The van der Waals surface area contributed by atoms with Gasteiger partial charge in [0.1, 0.15) is 6.29 Å². The van der Waals surface area contributed by atoms with Crippen molar-refractivity contribution in [2.45, 2.75) is 13.0 Å². The lowest BCUT2D eigenvalue weighted by molar-refractivity contribution is 0.112. The van der Waals surface area contributed by atoms with Crippen molar-refractivity contribution in [1.29, 1.82) is 0 Å². The van der Waals surface area contributed by atoms with E-state index in [1.165, 1.54) is 0 Å². The summed E-state index contributed by atoms with van der Waals surface area (Å²) in [5.74, 6) is 0. The molecule has 2 aromatic heterocycles. The van der Waals surface area contributed by atoms with E-state index < -0.39 is 0 Å². The predicted octanol–water partition coefficient (Wildman–Crippen LogP) is 3.09. The Morgan fingerprint density at radius 1 is 1.16 bits per heavy atom. The fraction of sp³-hybridized carbons (Fsp3) is 0.125. The van der Waals surface area contributed by atoms with Crippen molar-refractivity contribution < 1.29 is 4.79 Å². The van der Waals surface area contributed by atoms with Crippen molar-refractivity contribution in [3.05, 3.63) is 66.1 Å². The van der Waals surface area contributed by atoms with Crippen LogP contribution in [-0.2, 0) is 13.0 Å². The van der Waals surface area contributed by atoms with Gasteiger partial charge in [0, 0.05) is 42.1 Å². The molecule has 3 heteroatoms. The maximum absolute atomic E-state index is 10.8. The van der Waals surface area contributed by atoms with Gasteiger partial charge in [-0.15, -0.1) is 0 Å². The number of nitrogens with zero attached hydrogens (tertiary/aromatic N) is 2. The standard InChI is InChI=1S/C16H14N2O/c19-12-13-4-5-14-6-9-18(16(14)11-13)10-7-15-3-1-2-8-17-15/h1-6,8-9,11-12H,7,10H2. The molecule has 0 N–H and O–H groups in total. The molecule has 0 amide bonds. The molecular formula is C16H14N2O. The molecule has 3 aromatic rings. The number of benzene rings is 1. The molecule has 94 valence electrons. The number of carbonyl (C=O) groups excluding carboxylic acids is 1. The monoisotopic (exact) mass is 250 g/mol. The van der Waals surface area contributed by atoms with E-state index in [9.17, 15) is 4.79 Å². The maximum atomic E-state index is 10.8. The van der Waals surface area contributed by atoms with Crippen LogP contribution < -0.4 is 0 Å². The largest absolute Gasteiger partial charge is 0.347 e. The first-order valence-electron chi connectivity index (χ1n) is 6.31. The second kappa shape index (κ2) is 5.06. The van der Waals surface area contributed by atoms with Crippen LogP contribution >= 0.6 is 0 Å². The van der Waals surface area contributed by atoms with Crippen LogP contribution in [0.4, 0.5) is 0 Å². The van der Waals surface area contributed by atoms with Gasteiger partial charge in [-0.25, -0.2) is 0 Å². The van der Waals surface area contributed by atoms with Crippen molar-refractivity contribution in [3.8, 4) is 0 Å². The number of carbonyl (C=O) groups is 1. The number of hydrogen-bond donors (Lipinski definition) is 0. The van der Waals surface area contributed by atoms with Gasteiger partial charge in [0.2, 0.25) is 0 Å². The highest BCUT2D eigenvalue weighted by Gasteiger charge is 2.03. The van der Waals surface area contributed by atoms with E-state index in [2.05, 4.69) is 21.8 Å². The average Bonchev–Trinajstić information content (AvgIpc) is 2.88. The Balaban J connectivity index is 1.86. The molecule has 0 saturated heterocycles. The molecule has 3 rings (SSSR count). The molecule has 1 aromatic carbocycles. The fourth-order valence-electron chi connectivity index (χ4n) is 2.25. The zero-order valence-electron chi connectivity index (χ0n) is 10.5. The van der Waals surface area contributed by atoms with Gasteiger partial charge in [0.05, 0.1) is 0 Å². The maximum Gasteiger partial charge on any atom is 0.150 e. The van der Waals surface area contributed by atoms with Crippen LogP contribution in [-0.4, -0.2) is 15.8 Å². The molecule has 0 bridgehead atoms. The van der Waals surface area contributed by atoms with E-state index in [-0.39, 0.29) is 0 Å². The highest BCUT2D eigenvalue weighted by atomic mass is 16.1. The molecule has 0 aliphatic heterocycles. The van der Waals surface area contributed by atoms with Crippen LogP contribution in [0, 0.1) is 0 Å². The van der Waals surface area contributed by atoms with E-state index in [0.29, 0.717) is 5.56 Å². The Bertz CT molecular complexity index is 701. The third-order valence-corrected chi connectivity index (χ3v) is 3.27. The summed E-state index contributed by atoms with van der Waals surface area (Å²) < 4.78 is 2.16. The molecule has 0 saturated carbocycles. The van der Waals surface area contributed by atoms with Crippen LogP contribution in [0.5, 0.6) is 0 Å². The molecule has 0 aliphatic rings. The molecular weight excluding hydrogens is 236 g/mol. The molecule has 0 aliphatic carbocycles. The molecule has 19 heavy (non-hydrogen) atoms. The van der Waals surface area contributed by atoms with Gasteiger partial charge in [-0.1, -0.05) is 18.2 Å². The second-order valence-corrected chi connectivity index (χ2v) is 4.52. The van der Waals surface area contributed by atoms with Gasteiger partial charge in [-0.2, -0.15) is 0 Å². The van der Waals surface area contributed by atoms with Gasteiger partial charge in [0.25, 0.3) is 0 Å². The summed E-state index contributed by atoms with van der Waals surface area (Å²) in [6.45, 7) is 0.864. The van der Waals surface area contributed by atoms with Crippen LogP contribution in [0.1, 0.15) is 16.1 Å². The topological polar surface area (TPSA) is 34.9 Å². The van der Waals surface area contributed by atoms with Crippen molar-refractivity contribution >= 4 is 17.2 Å². The van der Waals surface area contributed by atoms with Crippen molar-refractivity contribution in [1.82, 2.24) is 9.55 Å². The number of rotatable bonds is 4. The Morgan fingerprint density at radius 3 is 2.89 bits per heavy atom. The van der Waals surface area contributed by atoms with Gasteiger partial charge < -0.3 is 4.57 Å². The van der Waals surface area contributed by atoms with Crippen molar-refractivity contribution in [2.24, 2.45) is 0 Å². The summed E-state index contributed by atoms with van der Waals surface area (Å²) in [6, 6.07) is 13.8. The normalized spacial score (nSPS) is 10.7. The molecule has 0 fully saturated rings. The highest BCUT2D eigenvalue weighted by Crippen LogP contribution is 2.17. The highest BCUT2D eigenvalue weighted by molar-refractivity contribution is 5.87. The minimum atomic E-state index is 0.713. The Hall–Kier alpha value is -2.42. The minimum Gasteiger partial charge on any atom is -0.347 e. The summed E-state index contributed by atoms with van der Waals surface area (Å²) in [7, 11) is 0. The van der Waals surface area contributed by atoms with E-state index >= 15 is 0 Å². The third-order valence-electron chi connectivity index (χ3n) is 3.27. The minimum absolute atomic E-state index is 0.713. The number of hydrogen-bond acceptors (Lipinski definition) is 2. The first-order chi connectivity index (χ1) is 9.36. The lowest BCUT2D eigenvalue weighted by Crippen LogP contribution is -2.01. The first kappa shape index (κ1) is 11.7. The Labute approximate surface area is 111 Å². The summed E-state index contributed by atoms with van der Waals surface area (Å²) in [5, 5.41) is 1.16. The lowest BCUT2D eigenvalue weighted by Gasteiger charge is -2.05. The summed E-state index contributed by atoms with van der Waals surface area (Å²) in [5.41, 5.74) is 2.89. The van der Waals surface area contributed by atoms with Crippen LogP contribution in [0.2, 0.25) is 0 Å². The first-order valence-corrected chi connectivity index (χ1v) is 6.31. The summed E-state index contributed by atoms with van der Waals surface area (Å²) in [6.07, 6.45) is 5.64. The molecule has 0 atom stereocenters. The van der Waals surface area contributed by atoms with Crippen LogP contribution in [0.3, 0.4) is 0 Å². The quantitative estimate of drug-likeness (QED) is 0.667. The average molecular weight is 250 g/mol. The molecule has 2 heterocycles. The van der Waals surface area contributed by atoms with Crippen LogP contribution in [0.25, 0.3) is 10.9 Å². The van der Waals surface area contributed by atoms with Crippen molar-refractivity contribution in [2.75, 3.05) is 0 Å². The molecule has 3 nitrogen and oxygen atoms in total. The number of aldehydes is 1. The zero-order valence-corrected chi connectivity index (χ0v) is 10.5. The van der Waals surface area contributed by atoms with Gasteiger partial charge in [-0.3, -0.25) is 9.78 Å². The van der Waals surface area contributed by atoms with E-state index in [0.717, 1.165) is 35.8 Å². The number of fused-ring (bicyclic) bond motifs is 1. The lowest BCUT2D eigenvalue weighted by atomic mass is 10.2. The van der Waals surface area contributed by atoms with Crippen LogP contribution in [0.15, 0.2) is 54.9 Å². The Morgan fingerprint density at radius 2 is 2.11 bits per heavy atom. The van der Waals surface area contributed by atoms with Gasteiger partial charge in [0.15, 0.2) is 0 Å². The number of aromatic nitrogens is 2. The molecule has 0 unspecified atom stereocenters. The summed E-state index contributed by atoms with van der Waals surface area (Å²) >= 11 is 0. The third kappa shape index (κ3) is 2.40. The van der Waals surface area contributed by atoms with E-state index in [1.54, 1.807) is 0 Å². The second-order valence-electron chi connectivity index (χ2n) is 4.52. The smallest absolute Gasteiger partial charge is 0.150 e. The number of aryl methyl sites for hydroxylation is 2. The van der Waals surface area contributed by atoms with Crippen molar-refractivity contribution in [3.63, 3.8) is 0 Å². The Kier molecular flexibility index (Phi) is 3.11. The SMILES string of the molecule is O=Cc1ccc2ccn(CCc3ccccn3)c2c1. The van der Waals surface area contributed by atoms with E-state index in [4.69, 9.17) is 0 Å². The summed E-state index contributed by atoms with van der Waals surface area (Å²) in [4.78, 5) is 15.2.